The van der Waals surface area contributed by atoms with Gasteiger partial charge in [-0.1, -0.05) is 36.7 Å². The number of hydrogen-bond donors (Lipinski definition) is 1. The molecular formula is C15H22Cl2FNO2. The monoisotopic (exact) mass is 337 g/mol. The minimum atomic E-state index is -1.51. The summed E-state index contributed by atoms with van der Waals surface area (Å²) in [6, 6.07) is 7.39. The average molecular weight is 338 g/mol. The molecule has 0 amide bonds. The Labute approximate surface area is 136 Å². The summed E-state index contributed by atoms with van der Waals surface area (Å²) in [6.07, 6.45) is -0.00490. The van der Waals surface area contributed by atoms with Gasteiger partial charge in [-0.05, 0) is 36.9 Å². The van der Waals surface area contributed by atoms with Crippen molar-refractivity contribution in [2.24, 2.45) is 5.73 Å². The van der Waals surface area contributed by atoms with Crippen LogP contribution in [0.1, 0.15) is 44.1 Å². The van der Waals surface area contributed by atoms with E-state index in [2.05, 4.69) is 4.74 Å². The fourth-order valence-electron chi connectivity index (χ4n) is 1.99. The lowest BCUT2D eigenvalue weighted by Gasteiger charge is -2.16. The molecule has 0 saturated carbocycles. The number of carbonyl (C=O) groups excluding carboxylic acids is 1. The second kappa shape index (κ2) is 10.8. The molecule has 0 heterocycles. The van der Waals surface area contributed by atoms with Crippen molar-refractivity contribution in [3.8, 4) is 0 Å². The number of halogens is 3. The first-order valence-electron chi connectivity index (χ1n) is 6.86. The van der Waals surface area contributed by atoms with Gasteiger partial charge in [-0.3, -0.25) is 4.79 Å². The molecule has 0 fully saturated rings. The molecule has 0 aliphatic carbocycles. The quantitative estimate of drug-likeness (QED) is 0.722. The maximum atomic E-state index is 13.2. The largest absolute Gasteiger partial charge is 0.431 e. The lowest BCUT2D eigenvalue weighted by molar-refractivity contribution is -0.158. The molecule has 2 N–H and O–H groups in total. The number of nitrogens with two attached hydrogens (primary N) is 1. The second-order valence-electron chi connectivity index (χ2n) is 4.68. The summed E-state index contributed by atoms with van der Waals surface area (Å²) in [5, 5.41) is 0.630. The highest BCUT2D eigenvalue weighted by Crippen LogP contribution is 2.27. The van der Waals surface area contributed by atoms with Gasteiger partial charge in [0.15, 0.2) is 0 Å². The molecule has 1 aromatic carbocycles. The van der Waals surface area contributed by atoms with Crippen LogP contribution in [-0.4, -0.2) is 18.9 Å². The Morgan fingerprint density at radius 2 is 2.05 bits per heavy atom. The van der Waals surface area contributed by atoms with E-state index in [-0.39, 0.29) is 31.2 Å². The molecule has 21 heavy (non-hydrogen) atoms. The van der Waals surface area contributed by atoms with Crippen LogP contribution in [0.3, 0.4) is 0 Å². The SMILES string of the molecule is CCCC(F)OC(=O)CCC(CN)c1ccccc1Cl.Cl. The number of rotatable bonds is 8. The molecule has 2 atom stereocenters. The standard InChI is InChI=1S/C15H21ClFNO2.ClH/c1-2-5-14(17)20-15(19)9-8-11(10-18)12-6-3-4-7-13(12)16;/h3-4,6-7,11,14H,2,5,8-10,18H2,1H3;1H. The fraction of sp³-hybridized carbons (Fsp3) is 0.533. The lowest BCUT2D eigenvalue weighted by atomic mass is 9.94. The number of hydrogen-bond acceptors (Lipinski definition) is 3. The van der Waals surface area contributed by atoms with Crippen molar-refractivity contribution in [3.05, 3.63) is 34.9 Å². The highest BCUT2D eigenvalue weighted by atomic mass is 35.5. The molecule has 0 saturated heterocycles. The maximum absolute atomic E-state index is 13.2. The minimum absolute atomic E-state index is 0. The van der Waals surface area contributed by atoms with Crippen LogP contribution in [0.5, 0.6) is 0 Å². The molecule has 120 valence electrons. The number of esters is 1. The topological polar surface area (TPSA) is 52.3 Å². The van der Waals surface area contributed by atoms with Crippen LogP contribution in [-0.2, 0) is 9.53 Å². The Kier molecular flexibility index (Phi) is 10.4. The number of ether oxygens (including phenoxy) is 1. The van der Waals surface area contributed by atoms with Gasteiger partial charge in [-0.2, -0.15) is 0 Å². The van der Waals surface area contributed by atoms with E-state index in [4.69, 9.17) is 17.3 Å². The van der Waals surface area contributed by atoms with E-state index < -0.39 is 12.3 Å². The zero-order valence-electron chi connectivity index (χ0n) is 12.1. The molecule has 6 heteroatoms. The van der Waals surface area contributed by atoms with E-state index in [1.54, 1.807) is 6.07 Å². The van der Waals surface area contributed by atoms with E-state index in [9.17, 15) is 9.18 Å². The van der Waals surface area contributed by atoms with E-state index in [1.165, 1.54) is 0 Å². The summed E-state index contributed by atoms with van der Waals surface area (Å²) >= 11 is 6.11. The number of alkyl halides is 1. The maximum Gasteiger partial charge on any atom is 0.308 e. The van der Waals surface area contributed by atoms with Crippen LogP contribution >= 0.6 is 24.0 Å². The van der Waals surface area contributed by atoms with Crippen LogP contribution in [0.4, 0.5) is 4.39 Å². The predicted octanol–water partition coefficient (Wildman–Crippen LogP) is 4.22. The molecular weight excluding hydrogens is 316 g/mol. The first kappa shape index (κ1) is 20.2. The third kappa shape index (κ3) is 7.11. The first-order chi connectivity index (χ1) is 9.58. The van der Waals surface area contributed by atoms with E-state index in [0.717, 1.165) is 5.56 Å². The number of carbonyl (C=O) groups is 1. The summed E-state index contributed by atoms with van der Waals surface area (Å²) in [4.78, 5) is 11.5. The minimum Gasteiger partial charge on any atom is -0.431 e. The van der Waals surface area contributed by atoms with Crippen LogP contribution in [0, 0.1) is 0 Å². The van der Waals surface area contributed by atoms with E-state index in [0.29, 0.717) is 24.4 Å². The van der Waals surface area contributed by atoms with Crippen molar-refractivity contribution in [2.45, 2.75) is 44.9 Å². The summed E-state index contributed by atoms with van der Waals surface area (Å²) < 4.78 is 17.8. The summed E-state index contributed by atoms with van der Waals surface area (Å²) in [5.74, 6) is -0.558. The van der Waals surface area contributed by atoms with Gasteiger partial charge in [0.25, 0.3) is 0 Å². The third-order valence-electron chi connectivity index (χ3n) is 3.10. The normalized spacial score (nSPS) is 13.1. The molecule has 2 unspecified atom stereocenters. The molecule has 3 nitrogen and oxygen atoms in total. The molecule has 0 aromatic heterocycles. The van der Waals surface area contributed by atoms with E-state index >= 15 is 0 Å². The smallest absolute Gasteiger partial charge is 0.308 e. The summed E-state index contributed by atoms with van der Waals surface area (Å²) in [5.41, 5.74) is 6.64. The van der Waals surface area contributed by atoms with Crippen LogP contribution in [0.25, 0.3) is 0 Å². The highest BCUT2D eigenvalue weighted by Gasteiger charge is 2.17. The third-order valence-corrected chi connectivity index (χ3v) is 3.45. The van der Waals surface area contributed by atoms with Crippen molar-refractivity contribution >= 4 is 30.0 Å². The zero-order chi connectivity index (χ0) is 15.0. The van der Waals surface area contributed by atoms with Crippen molar-refractivity contribution in [1.29, 1.82) is 0 Å². The van der Waals surface area contributed by atoms with E-state index in [1.807, 2.05) is 25.1 Å². The van der Waals surface area contributed by atoms with Crippen molar-refractivity contribution in [3.63, 3.8) is 0 Å². The van der Waals surface area contributed by atoms with Gasteiger partial charge in [0.05, 0.1) is 0 Å². The Morgan fingerprint density at radius 3 is 2.62 bits per heavy atom. The Balaban J connectivity index is 0.00000400. The van der Waals surface area contributed by atoms with Crippen molar-refractivity contribution < 1.29 is 13.9 Å². The number of benzene rings is 1. The molecule has 0 aliphatic rings. The van der Waals surface area contributed by atoms with Gasteiger partial charge in [0, 0.05) is 17.9 Å². The van der Waals surface area contributed by atoms with Gasteiger partial charge in [-0.15, -0.1) is 12.4 Å². The first-order valence-corrected chi connectivity index (χ1v) is 7.24. The average Bonchev–Trinajstić information content (AvgIpc) is 2.41. The van der Waals surface area contributed by atoms with Gasteiger partial charge >= 0.3 is 5.97 Å². The van der Waals surface area contributed by atoms with Crippen molar-refractivity contribution in [1.82, 2.24) is 0 Å². The summed E-state index contributed by atoms with van der Waals surface area (Å²) in [6.45, 7) is 2.22. The summed E-state index contributed by atoms with van der Waals surface area (Å²) in [7, 11) is 0. The Morgan fingerprint density at radius 1 is 1.38 bits per heavy atom. The van der Waals surface area contributed by atoms with Crippen LogP contribution in [0.2, 0.25) is 5.02 Å². The van der Waals surface area contributed by atoms with Gasteiger partial charge in [-0.25, -0.2) is 4.39 Å². The van der Waals surface area contributed by atoms with Crippen molar-refractivity contribution in [2.75, 3.05) is 6.54 Å². The lowest BCUT2D eigenvalue weighted by Crippen LogP contribution is -2.17. The Hall–Kier alpha value is -0.840. The zero-order valence-corrected chi connectivity index (χ0v) is 13.6. The second-order valence-corrected chi connectivity index (χ2v) is 5.09. The predicted molar refractivity (Wildman–Crippen MR) is 85.6 cm³/mol. The molecule has 0 radical (unpaired) electrons. The molecule has 0 bridgehead atoms. The molecule has 0 aliphatic heterocycles. The van der Waals surface area contributed by atoms with Gasteiger partial charge in [0.2, 0.25) is 6.36 Å². The molecule has 1 aromatic rings. The fourth-order valence-corrected chi connectivity index (χ4v) is 2.28. The van der Waals surface area contributed by atoms with Crippen LogP contribution in [0.15, 0.2) is 24.3 Å². The molecule has 0 spiro atoms. The van der Waals surface area contributed by atoms with Crippen LogP contribution < -0.4 is 5.73 Å². The highest BCUT2D eigenvalue weighted by molar-refractivity contribution is 6.31. The van der Waals surface area contributed by atoms with Gasteiger partial charge < -0.3 is 10.5 Å². The Bertz CT molecular complexity index is 432. The van der Waals surface area contributed by atoms with Gasteiger partial charge in [0.1, 0.15) is 0 Å². The molecule has 1 rings (SSSR count).